The summed E-state index contributed by atoms with van der Waals surface area (Å²) in [5.74, 6) is -0.788. The van der Waals surface area contributed by atoms with E-state index in [4.69, 9.17) is 0 Å². The standard InChI is InChI=1S/C16H17NO3/c1-2-9-17-12-7-4-8-13(18)14(12)10-5-3-6-11(15(10)17)16(19)20/h3,5-6H,2,4,7-9H2,1H3,(H,19,20). The van der Waals surface area contributed by atoms with Crippen LogP contribution in [0.25, 0.3) is 10.9 Å². The Kier molecular flexibility index (Phi) is 3.08. The molecule has 0 radical (unpaired) electrons. The van der Waals surface area contributed by atoms with E-state index < -0.39 is 5.97 Å². The Morgan fingerprint density at radius 2 is 2.15 bits per heavy atom. The van der Waals surface area contributed by atoms with Crippen LogP contribution in [0.1, 0.15) is 52.6 Å². The van der Waals surface area contributed by atoms with Crippen molar-refractivity contribution in [3.63, 3.8) is 0 Å². The van der Waals surface area contributed by atoms with Gasteiger partial charge in [0, 0.05) is 29.6 Å². The van der Waals surface area contributed by atoms with Gasteiger partial charge in [-0.1, -0.05) is 19.1 Å². The molecule has 4 nitrogen and oxygen atoms in total. The Morgan fingerprint density at radius 3 is 2.85 bits per heavy atom. The van der Waals surface area contributed by atoms with Gasteiger partial charge >= 0.3 is 5.97 Å². The third-order valence-corrected chi connectivity index (χ3v) is 3.96. The molecule has 1 heterocycles. The van der Waals surface area contributed by atoms with Crippen molar-refractivity contribution in [3.05, 3.63) is 35.0 Å². The van der Waals surface area contributed by atoms with Gasteiger partial charge in [0.2, 0.25) is 0 Å². The number of carbonyl (C=O) groups excluding carboxylic acids is 1. The van der Waals surface area contributed by atoms with Gasteiger partial charge in [-0.3, -0.25) is 4.79 Å². The zero-order chi connectivity index (χ0) is 14.3. The predicted molar refractivity (Wildman–Crippen MR) is 76.5 cm³/mol. The quantitative estimate of drug-likeness (QED) is 0.932. The van der Waals surface area contributed by atoms with Gasteiger partial charge in [-0.25, -0.2) is 4.79 Å². The minimum atomic E-state index is -0.935. The Balaban J connectivity index is 2.42. The minimum absolute atomic E-state index is 0.147. The minimum Gasteiger partial charge on any atom is -0.478 e. The lowest BCUT2D eigenvalue weighted by Gasteiger charge is -2.14. The summed E-state index contributed by atoms with van der Waals surface area (Å²) >= 11 is 0. The molecule has 104 valence electrons. The molecule has 0 saturated heterocycles. The van der Waals surface area contributed by atoms with Crippen LogP contribution in [-0.2, 0) is 13.0 Å². The Morgan fingerprint density at radius 1 is 1.35 bits per heavy atom. The summed E-state index contributed by atoms with van der Waals surface area (Å²) in [5.41, 5.74) is 2.77. The van der Waals surface area contributed by atoms with Crippen molar-refractivity contribution in [1.29, 1.82) is 0 Å². The number of aromatic carboxylic acids is 1. The third kappa shape index (κ3) is 1.75. The summed E-state index contributed by atoms with van der Waals surface area (Å²) in [6.07, 6.45) is 3.19. The lowest BCUT2D eigenvalue weighted by molar-refractivity contribution is 0.0698. The first kappa shape index (κ1) is 12.9. The molecular weight excluding hydrogens is 254 g/mol. The average molecular weight is 271 g/mol. The fourth-order valence-corrected chi connectivity index (χ4v) is 3.22. The highest BCUT2D eigenvalue weighted by Gasteiger charge is 2.27. The Bertz CT molecular complexity index is 712. The highest BCUT2D eigenvalue weighted by atomic mass is 16.4. The number of para-hydroxylation sites is 1. The fourth-order valence-electron chi connectivity index (χ4n) is 3.22. The maximum atomic E-state index is 12.2. The number of hydrogen-bond donors (Lipinski definition) is 1. The Labute approximate surface area is 117 Å². The van der Waals surface area contributed by atoms with E-state index in [0.29, 0.717) is 11.9 Å². The van der Waals surface area contributed by atoms with E-state index in [1.165, 1.54) is 0 Å². The van der Waals surface area contributed by atoms with Crippen molar-refractivity contribution in [2.75, 3.05) is 0 Å². The second-order valence-corrected chi connectivity index (χ2v) is 5.26. The van der Waals surface area contributed by atoms with Crippen molar-refractivity contribution < 1.29 is 14.7 Å². The number of carboxylic acids is 1. The Hall–Kier alpha value is -2.10. The molecule has 1 aromatic carbocycles. The molecule has 1 N–H and O–H groups in total. The number of ketones is 1. The summed E-state index contributed by atoms with van der Waals surface area (Å²) in [6, 6.07) is 5.22. The van der Waals surface area contributed by atoms with Crippen LogP contribution in [0, 0.1) is 0 Å². The van der Waals surface area contributed by atoms with Crippen LogP contribution in [0.15, 0.2) is 18.2 Å². The molecule has 0 spiro atoms. The van der Waals surface area contributed by atoms with Crippen LogP contribution in [0.3, 0.4) is 0 Å². The van der Waals surface area contributed by atoms with Crippen molar-refractivity contribution in [2.45, 2.75) is 39.2 Å². The normalized spacial score (nSPS) is 14.6. The van der Waals surface area contributed by atoms with Crippen LogP contribution in [0.4, 0.5) is 0 Å². The number of benzene rings is 1. The van der Waals surface area contributed by atoms with E-state index in [9.17, 15) is 14.7 Å². The zero-order valence-corrected chi connectivity index (χ0v) is 11.5. The van der Waals surface area contributed by atoms with Gasteiger partial charge in [0.15, 0.2) is 5.78 Å². The number of Topliss-reactive ketones (excluding diaryl/α,β-unsaturated/α-hetero) is 1. The maximum absolute atomic E-state index is 12.2. The molecule has 0 fully saturated rings. The molecular formula is C16H17NO3. The third-order valence-electron chi connectivity index (χ3n) is 3.96. The molecule has 1 aliphatic carbocycles. The highest BCUT2D eigenvalue weighted by molar-refractivity contribution is 6.14. The van der Waals surface area contributed by atoms with Crippen molar-refractivity contribution in [2.24, 2.45) is 0 Å². The summed E-state index contributed by atoms with van der Waals surface area (Å²) < 4.78 is 2.05. The number of rotatable bonds is 3. The number of nitrogens with zero attached hydrogens (tertiary/aromatic N) is 1. The average Bonchev–Trinajstić information content (AvgIpc) is 2.75. The molecule has 2 aromatic rings. The fraction of sp³-hybridized carbons (Fsp3) is 0.375. The molecule has 4 heteroatoms. The van der Waals surface area contributed by atoms with E-state index in [0.717, 1.165) is 42.5 Å². The number of hydrogen-bond acceptors (Lipinski definition) is 2. The van der Waals surface area contributed by atoms with Crippen molar-refractivity contribution in [1.82, 2.24) is 4.57 Å². The molecule has 3 rings (SSSR count). The molecule has 0 amide bonds. The first-order valence-electron chi connectivity index (χ1n) is 7.05. The van der Waals surface area contributed by atoms with Gasteiger partial charge in [-0.2, -0.15) is 0 Å². The van der Waals surface area contributed by atoms with Crippen LogP contribution < -0.4 is 0 Å². The van der Waals surface area contributed by atoms with Crippen molar-refractivity contribution in [3.8, 4) is 0 Å². The summed E-state index contributed by atoms with van der Waals surface area (Å²) in [7, 11) is 0. The van der Waals surface area contributed by atoms with E-state index in [2.05, 4.69) is 6.92 Å². The predicted octanol–water partition coefficient (Wildman–Crippen LogP) is 3.27. The van der Waals surface area contributed by atoms with E-state index in [1.807, 2.05) is 10.6 Å². The lowest BCUT2D eigenvalue weighted by atomic mass is 9.94. The second kappa shape index (κ2) is 4.78. The largest absolute Gasteiger partial charge is 0.478 e. The van der Waals surface area contributed by atoms with E-state index >= 15 is 0 Å². The van der Waals surface area contributed by atoms with Gasteiger partial charge in [0.1, 0.15) is 0 Å². The summed E-state index contributed by atoms with van der Waals surface area (Å²) in [4.78, 5) is 23.7. The molecule has 0 bridgehead atoms. The first-order chi connectivity index (χ1) is 9.65. The molecule has 1 aromatic heterocycles. The van der Waals surface area contributed by atoms with Gasteiger partial charge in [0.25, 0.3) is 0 Å². The van der Waals surface area contributed by atoms with E-state index in [-0.39, 0.29) is 11.3 Å². The molecule has 20 heavy (non-hydrogen) atoms. The van der Waals surface area contributed by atoms with E-state index in [1.54, 1.807) is 12.1 Å². The summed E-state index contributed by atoms with van der Waals surface area (Å²) in [6.45, 7) is 2.82. The van der Waals surface area contributed by atoms with Gasteiger partial charge in [0.05, 0.1) is 11.1 Å². The number of fused-ring (bicyclic) bond motifs is 3. The molecule has 0 aliphatic heterocycles. The maximum Gasteiger partial charge on any atom is 0.337 e. The molecule has 0 atom stereocenters. The highest BCUT2D eigenvalue weighted by Crippen LogP contribution is 2.34. The molecule has 0 saturated carbocycles. The van der Waals surface area contributed by atoms with Crippen LogP contribution in [0.5, 0.6) is 0 Å². The summed E-state index contributed by atoms with van der Waals surface area (Å²) in [5, 5.41) is 10.2. The smallest absolute Gasteiger partial charge is 0.337 e. The number of carbonyl (C=O) groups is 2. The lowest BCUT2D eigenvalue weighted by Crippen LogP contribution is -2.13. The monoisotopic (exact) mass is 271 g/mol. The second-order valence-electron chi connectivity index (χ2n) is 5.26. The van der Waals surface area contributed by atoms with Gasteiger partial charge in [-0.05, 0) is 25.3 Å². The number of carboxylic acid groups (broad SMARTS) is 1. The SMILES string of the molecule is CCCn1c2c(c3cccc(C(=O)O)c31)C(=O)CCC2. The zero-order valence-electron chi connectivity index (χ0n) is 11.5. The van der Waals surface area contributed by atoms with Crippen molar-refractivity contribution >= 4 is 22.7 Å². The van der Waals surface area contributed by atoms with Crippen LogP contribution >= 0.6 is 0 Å². The molecule has 1 aliphatic rings. The number of aromatic nitrogens is 1. The van der Waals surface area contributed by atoms with Crippen LogP contribution in [0.2, 0.25) is 0 Å². The first-order valence-corrected chi connectivity index (χ1v) is 7.05. The van der Waals surface area contributed by atoms with Crippen LogP contribution in [-0.4, -0.2) is 21.4 Å². The topological polar surface area (TPSA) is 59.3 Å². The van der Waals surface area contributed by atoms with Gasteiger partial charge in [-0.15, -0.1) is 0 Å². The number of aryl methyl sites for hydroxylation is 1. The molecule has 0 unspecified atom stereocenters. The van der Waals surface area contributed by atoms with Gasteiger partial charge < -0.3 is 9.67 Å².